The van der Waals surface area contributed by atoms with E-state index in [1.807, 2.05) is 12.3 Å². The zero-order valence-corrected chi connectivity index (χ0v) is 12.3. The number of benzene rings is 1. The van der Waals surface area contributed by atoms with Crippen molar-refractivity contribution in [3.05, 3.63) is 46.3 Å². The van der Waals surface area contributed by atoms with E-state index in [0.29, 0.717) is 22.3 Å². The third-order valence-corrected chi connectivity index (χ3v) is 4.43. The number of nitrogens with one attached hydrogen (secondary N) is 2. The van der Waals surface area contributed by atoms with E-state index in [-0.39, 0.29) is 11.9 Å². The van der Waals surface area contributed by atoms with Gasteiger partial charge in [0.05, 0.1) is 15.6 Å². The Kier molecular flexibility index (Phi) is 3.15. The minimum absolute atomic E-state index is 0.0180. The van der Waals surface area contributed by atoms with Gasteiger partial charge in [0, 0.05) is 25.1 Å². The fraction of sp³-hybridized carbons (Fsp3) is 0.214. The molecule has 20 heavy (non-hydrogen) atoms. The van der Waals surface area contributed by atoms with E-state index in [2.05, 4.69) is 16.9 Å². The first-order valence-corrected chi connectivity index (χ1v) is 6.91. The van der Waals surface area contributed by atoms with Crippen LogP contribution < -0.4 is 5.32 Å². The molecule has 1 aliphatic rings. The highest BCUT2D eigenvalue weighted by atomic mass is 35.5. The molecule has 104 valence electrons. The molecule has 0 bridgehead atoms. The Morgan fingerprint density at radius 3 is 2.80 bits per heavy atom. The molecular weight excluding hydrogens is 297 g/mol. The van der Waals surface area contributed by atoms with Gasteiger partial charge >= 0.3 is 0 Å². The predicted molar refractivity (Wildman–Crippen MR) is 80.9 cm³/mol. The standard InChI is InChI=1S/C14H13Cl2N3O/c1-7-18-11(14(20)19(7)2)5-8-6-17-13-9(8)3-4-10(15)12(13)16/h3-4,6,11,17-18H,1,5H2,2H3. The number of carbonyl (C=O) groups is 1. The number of aromatic amines is 1. The van der Waals surface area contributed by atoms with E-state index in [0.717, 1.165) is 16.5 Å². The molecule has 1 aromatic carbocycles. The Labute approximate surface area is 126 Å². The number of fused-ring (bicyclic) bond motifs is 1. The first kappa shape index (κ1) is 13.3. The summed E-state index contributed by atoms with van der Waals surface area (Å²) in [4.78, 5) is 16.7. The number of H-pyrrole nitrogens is 1. The molecule has 1 unspecified atom stereocenters. The number of halogens is 2. The summed E-state index contributed by atoms with van der Waals surface area (Å²) < 4.78 is 0. The number of carbonyl (C=O) groups excluding carboxylic acids is 1. The largest absolute Gasteiger partial charge is 0.360 e. The average molecular weight is 310 g/mol. The van der Waals surface area contributed by atoms with Gasteiger partial charge in [0.15, 0.2) is 0 Å². The summed E-state index contributed by atoms with van der Waals surface area (Å²) in [7, 11) is 1.71. The molecule has 3 rings (SSSR count). The van der Waals surface area contributed by atoms with Gasteiger partial charge in [-0.25, -0.2) is 0 Å². The van der Waals surface area contributed by atoms with Gasteiger partial charge in [-0.3, -0.25) is 4.79 Å². The van der Waals surface area contributed by atoms with Crippen LogP contribution >= 0.6 is 23.2 Å². The number of rotatable bonds is 2. The van der Waals surface area contributed by atoms with E-state index in [9.17, 15) is 4.79 Å². The number of nitrogens with zero attached hydrogens (tertiary/aromatic N) is 1. The second kappa shape index (κ2) is 4.72. The number of aromatic nitrogens is 1. The van der Waals surface area contributed by atoms with Gasteiger partial charge in [-0.15, -0.1) is 0 Å². The Balaban J connectivity index is 1.95. The van der Waals surface area contributed by atoms with Gasteiger partial charge < -0.3 is 15.2 Å². The van der Waals surface area contributed by atoms with E-state index in [1.54, 1.807) is 13.1 Å². The normalized spacial score (nSPS) is 18.9. The van der Waals surface area contributed by atoms with Crippen molar-refractivity contribution in [3.8, 4) is 0 Å². The Bertz CT molecular complexity index is 723. The second-order valence-electron chi connectivity index (χ2n) is 4.84. The molecule has 1 amide bonds. The molecule has 1 saturated heterocycles. The number of likely N-dealkylation sites (N-methyl/N-ethyl adjacent to an activating group) is 1. The molecule has 1 aliphatic heterocycles. The first-order valence-electron chi connectivity index (χ1n) is 6.16. The van der Waals surface area contributed by atoms with Crippen LogP contribution in [-0.2, 0) is 11.2 Å². The monoisotopic (exact) mass is 309 g/mol. The van der Waals surface area contributed by atoms with Crippen molar-refractivity contribution >= 4 is 40.0 Å². The van der Waals surface area contributed by atoms with Crippen LogP contribution in [0, 0.1) is 0 Å². The summed E-state index contributed by atoms with van der Waals surface area (Å²) in [6.07, 6.45) is 2.43. The Morgan fingerprint density at radius 1 is 1.40 bits per heavy atom. The topological polar surface area (TPSA) is 48.1 Å². The molecule has 0 aliphatic carbocycles. The lowest BCUT2D eigenvalue weighted by Gasteiger charge is -2.08. The summed E-state index contributed by atoms with van der Waals surface area (Å²) in [6, 6.07) is 3.38. The SMILES string of the molecule is C=C1NC(Cc2c[nH]c3c(Cl)c(Cl)ccc23)C(=O)N1C. The fourth-order valence-electron chi connectivity index (χ4n) is 2.45. The lowest BCUT2D eigenvalue weighted by Crippen LogP contribution is -2.30. The minimum atomic E-state index is -0.291. The van der Waals surface area contributed by atoms with Crippen molar-refractivity contribution in [2.75, 3.05) is 7.05 Å². The van der Waals surface area contributed by atoms with Crippen molar-refractivity contribution in [1.29, 1.82) is 0 Å². The predicted octanol–water partition coefficient (Wildman–Crippen LogP) is 2.92. The highest BCUT2D eigenvalue weighted by Gasteiger charge is 2.31. The van der Waals surface area contributed by atoms with Gasteiger partial charge in [-0.1, -0.05) is 35.8 Å². The third-order valence-electron chi connectivity index (χ3n) is 3.63. The zero-order chi connectivity index (χ0) is 14.4. The quantitative estimate of drug-likeness (QED) is 0.896. The lowest BCUT2D eigenvalue weighted by molar-refractivity contribution is -0.127. The van der Waals surface area contributed by atoms with Crippen LogP contribution in [0.5, 0.6) is 0 Å². The van der Waals surface area contributed by atoms with Gasteiger partial charge in [0.1, 0.15) is 11.9 Å². The summed E-state index contributed by atoms with van der Waals surface area (Å²) in [6.45, 7) is 3.80. The number of hydrogen-bond acceptors (Lipinski definition) is 2. The maximum absolute atomic E-state index is 12.0. The molecule has 2 aromatic rings. The van der Waals surface area contributed by atoms with Crippen LogP contribution in [0.15, 0.2) is 30.7 Å². The smallest absolute Gasteiger partial charge is 0.250 e. The Morgan fingerprint density at radius 2 is 2.15 bits per heavy atom. The maximum atomic E-state index is 12.0. The third kappa shape index (κ3) is 1.96. The number of amides is 1. The van der Waals surface area contributed by atoms with Gasteiger partial charge in [-0.05, 0) is 11.6 Å². The molecule has 1 fully saturated rings. The van der Waals surface area contributed by atoms with Crippen molar-refractivity contribution in [2.24, 2.45) is 0 Å². The van der Waals surface area contributed by atoms with E-state index in [4.69, 9.17) is 23.2 Å². The van der Waals surface area contributed by atoms with Crippen molar-refractivity contribution in [2.45, 2.75) is 12.5 Å². The van der Waals surface area contributed by atoms with Crippen molar-refractivity contribution in [1.82, 2.24) is 15.2 Å². The molecule has 1 aromatic heterocycles. The van der Waals surface area contributed by atoms with Crippen molar-refractivity contribution < 1.29 is 4.79 Å². The molecule has 0 saturated carbocycles. The van der Waals surface area contributed by atoms with E-state index in [1.165, 1.54) is 4.90 Å². The summed E-state index contributed by atoms with van der Waals surface area (Å²) in [5.41, 5.74) is 1.82. The molecule has 4 nitrogen and oxygen atoms in total. The zero-order valence-electron chi connectivity index (χ0n) is 10.8. The van der Waals surface area contributed by atoms with Crippen LogP contribution in [0.3, 0.4) is 0 Å². The molecule has 2 N–H and O–H groups in total. The van der Waals surface area contributed by atoms with Gasteiger partial charge in [0.2, 0.25) is 0 Å². The van der Waals surface area contributed by atoms with E-state index < -0.39 is 0 Å². The molecule has 2 heterocycles. The van der Waals surface area contributed by atoms with Gasteiger partial charge in [-0.2, -0.15) is 0 Å². The summed E-state index contributed by atoms with van der Waals surface area (Å²) >= 11 is 12.2. The van der Waals surface area contributed by atoms with Crippen LogP contribution in [0.25, 0.3) is 10.9 Å². The number of hydrogen-bond donors (Lipinski definition) is 2. The van der Waals surface area contributed by atoms with Crippen LogP contribution in [0.2, 0.25) is 10.0 Å². The fourth-order valence-corrected chi connectivity index (χ4v) is 2.83. The van der Waals surface area contributed by atoms with Gasteiger partial charge in [0.25, 0.3) is 5.91 Å². The molecular formula is C14H13Cl2N3O. The highest BCUT2D eigenvalue weighted by Crippen LogP contribution is 2.32. The molecule has 0 radical (unpaired) electrons. The van der Waals surface area contributed by atoms with Crippen LogP contribution in [0.1, 0.15) is 5.56 Å². The molecule has 1 atom stereocenters. The highest BCUT2D eigenvalue weighted by molar-refractivity contribution is 6.45. The van der Waals surface area contributed by atoms with Crippen LogP contribution in [0.4, 0.5) is 0 Å². The summed E-state index contributed by atoms with van der Waals surface area (Å²) in [5.74, 6) is 0.644. The molecule has 6 heteroatoms. The molecule has 0 spiro atoms. The van der Waals surface area contributed by atoms with E-state index >= 15 is 0 Å². The lowest BCUT2D eigenvalue weighted by atomic mass is 10.1. The Hall–Kier alpha value is -1.65. The van der Waals surface area contributed by atoms with Crippen molar-refractivity contribution in [3.63, 3.8) is 0 Å². The maximum Gasteiger partial charge on any atom is 0.250 e. The van der Waals surface area contributed by atoms with Crippen LogP contribution in [-0.4, -0.2) is 28.9 Å². The minimum Gasteiger partial charge on any atom is -0.360 e. The average Bonchev–Trinajstić information content (AvgIpc) is 2.93. The first-order chi connectivity index (χ1) is 9.49. The summed E-state index contributed by atoms with van der Waals surface area (Å²) in [5, 5.41) is 5.08. The second-order valence-corrected chi connectivity index (χ2v) is 5.63.